The van der Waals surface area contributed by atoms with Gasteiger partial charge in [-0.25, -0.2) is 4.68 Å². The fourth-order valence-corrected chi connectivity index (χ4v) is 1.79. The SMILES string of the molecule is CCC(CNC(C)C)Oc1ncn(-c2ccccc2)n1. The van der Waals surface area contributed by atoms with Crippen LogP contribution in [0.15, 0.2) is 36.7 Å². The van der Waals surface area contributed by atoms with E-state index in [0.29, 0.717) is 12.1 Å². The van der Waals surface area contributed by atoms with Crippen LogP contribution in [0, 0.1) is 0 Å². The minimum Gasteiger partial charge on any atom is -0.458 e. The van der Waals surface area contributed by atoms with E-state index in [9.17, 15) is 0 Å². The van der Waals surface area contributed by atoms with Crippen LogP contribution in [0.4, 0.5) is 0 Å². The largest absolute Gasteiger partial charge is 0.458 e. The smallest absolute Gasteiger partial charge is 0.336 e. The molecule has 1 aromatic carbocycles. The highest BCUT2D eigenvalue weighted by atomic mass is 16.5. The third-order valence-corrected chi connectivity index (χ3v) is 2.97. The summed E-state index contributed by atoms with van der Waals surface area (Å²) in [5.74, 6) is 0. The molecule has 1 unspecified atom stereocenters. The Bertz CT molecular complexity index is 510. The quantitative estimate of drug-likeness (QED) is 0.842. The van der Waals surface area contributed by atoms with Crippen molar-refractivity contribution in [3.05, 3.63) is 36.7 Å². The molecule has 20 heavy (non-hydrogen) atoms. The van der Waals surface area contributed by atoms with Crippen LogP contribution in [0.5, 0.6) is 6.01 Å². The molecule has 0 aliphatic heterocycles. The monoisotopic (exact) mass is 274 g/mol. The maximum Gasteiger partial charge on any atom is 0.336 e. The third kappa shape index (κ3) is 4.06. The molecular formula is C15H22N4O. The summed E-state index contributed by atoms with van der Waals surface area (Å²) in [5, 5.41) is 7.72. The highest BCUT2D eigenvalue weighted by molar-refractivity contribution is 5.29. The second-order valence-corrected chi connectivity index (χ2v) is 5.02. The van der Waals surface area contributed by atoms with Crippen molar-refractivity contribution in [2.24, 2.45) is 0 Å². The van der Waals surface area contributed by atoms with Gasteiger partial charge in [-0.1, -0.05) is 39.0 Å². The van der Waals surface area contributed by atoms with Gasteiger partial charge < -0.3 is 10.1 Å². The van der Waals surface area contributed by atoms with Crippen molar-refractivity contribution in [1.29, 1.82) is 0 Å². The van der Waals surface area contributed by atoms with Crippen LogP contribution >= 0.6 is 0 Å². The molecule has 2 rings (SSSR count). The summed E-state index contributed by atoms with van der Waals surface area (Å²) in [4.78, 5) is 4.21. The van der Waals surface area contributed by atoms with Gasteiger partial charge in [0.25, 0.3) is 0 Å². The number of hydrogen-bond acceptors (Lipinski definition) is 4. The summed E-state index contributed by atoms with van der Waals surface area (Å²) >= 11 is 0. The topological polar surface area (TPSA) is 52.0 Å². The molecule has 0 radical (unpaired) electrons. The molecule has 0 spiro atoms. The van der Waals surface area contributed by atoms with Gasteiger partial charge in [0.2, 0.25) is 0 Å². The molecule has 0 saturated heterocycles. The Morgan fingerprint density at radius 3 is 2.65 bits per heavy atom. The van der Waals surface area contributed by atoms with E-state index in [1.165, 1.54) is 0 Å². The summed E-state index contributed by atoms with van der Waals surface area (Å²) < 4.78 is 7.53. The highest BCUT2D eigenvalue weighted by Gasteiger charge is 2.12. The number of nitrogens with one attached hydrogen (secondary N) is 1. The van der Waals surface area contributed by atoms with Crippen molar-refractivity contribution in [3.63, 3.8) is 0 Å². The van der Waals surface area contributed by atoms with Crippen LogP contribution in [0.1, 0.15) is 27.2 Å². The molecule has 0 saturated carbocycles. The van der Waals surface area contributed by atoms with Gasteiger partial charge in [-0.2, -0.15) is 4.98 Å². The second kappa shape index (κ2) is 7.05. The van der Waals surface area contributed by atoms with Crippen molar-refractivity contribution < 1.29 is 4.74 Å². The summed E-state index contributed by atoms with van der Waals surface area (Å²) in [7, 11) is 0. The van der Waals surface area contributed by atoms with E-state index in [1.807, 2.05) is 30.3 Å². The molecule has 1 heterocycles. The number of hydrogen-bond donors (Lipinski definition) is 1. The Labute approximate surface area is 120 Å². The van der Waals surface area contributed by atoms with Gasteiger partial charge in [-0.15, -0.1) is 5.10 Å². The van der Waals surface area contributed by atoms with Gasteiger partial charge in [-0.05, 0) is 18.6 Å². The van der Waals surface area contributed by atoms with E-state index >= 15 is 0 Å². The van der Waals surface area contributed by atoms with E-state index in [-0.39, 0.29) is 6.10 Å². The Balaban J connectivity index is 1.98. The molecule has 5 nitrogen and oxygen atoms in total. The standard InChI is InChI=1S/C15H22N4O/c1-4-14(10-16-12(2)3)20-15-17-11-19(18-15)13-8-6-5-7-9-13/h5-9,11-12,14,16H,4,10H2,1-3H3. The molecule has 0 aliphatic rings. The molecule has 5 heteroatoms. The number of benzene rings is 1. The van der Waals surface area contributed by atoms with Crippen molar-refractivity contribution in [2.75, 3.05) is 6.54 Å². The Hall–Kier alpha value is -1.88. The number of aromatic nitrogens is 3. The molecular weight excluding hydrogens is 252 g/mol. The lowest BCUT2D eigenvalue weighted by Gasteiger charge is -2.17. The van der Waals surface area contributed by atoms with Crippen LogP contribution in [-0.2, 0) is 0 Å². The van der Waals surface area contributed by atoms with E-state index in [1.54, 1.807) is 11.0 Å². The average Bonchev–Trinajstić information content (AvgIpc) is 2.92. The van der Waals surface area contributed by atoms with Crippen LogP contribution in [0.2, 0.25) is 0 Å². The minimum atomic E-state index is 0.0871. The van der Waals surface area contributed by atoms with E-state index in [4.69, 9.17) is 4.74 Å². The summed E-state index contributed by atoms with van der Waals surface area (Å²) in [6.45, 7) is 7.14. The lowest BCUT2D eigenvalue weighted by atomic mass is 10.2. The van der Waals surface area contributed by atoms with Gasteiger partial charge >= 0.3 is 6.01 Å². The van der Waals surface area contributed by atoms with E-state index in [0.717, 1.165) is 18.7 Å². The van der Waals surface area contributed by atoms with E-state index in [2.05, 4.69) is 36.2 Å². The number of nitrogens with zero attached hydrogens (tertiary/aromatic N) is 3. The van der Waals surface area contributed by atoms with Gasteiger partial charge in [0, 0.05) is 12.6 Å². The molecule has 0 fully saturated rings. The summed E-state index contributed by atoms with van der Waals surface area (Å²) in [5.41, 5.74) is 0.975. The molecule has 2 aromatic rings. The number of ether oxygens (including phenoxy) is 1. The summed E-state index contributed by atoms with van der Waals surface area (Å²) in [6, 6.07) is 10.8. The number of rotatable bonds is 7. The van der Waals surface area contributed by atoms with Crippen molar-refractivity contribution in [1.82, 2.24) is 20.1 Å². The zero-order chi connectivity index (χ0) is 14.4. The first-order chi connectivity index (χ1) is 9.69. The van der Waals surface area contributed by atoms with Crippen molar-refractivity contribution in [3.8, 4) is 11.7 Å². The van der Waals surface area contributed by atoms with Gasteiger partial charge in [-0.3, -0.25) is 0 Å². The van der Waals surface area contributed by atoms with E-state index < -0.39 is 0 Å². The molecule has 0 aliphatic carbocycles. The predicted molar refractivity (Wildman–Crippen MR) is 79.2 cm³/mol. The molecule has 1 aromatic heterocycles. The van der Waals surface area contributed by atoms with Crippen molar-refractivity contribution in [2.45, 2.75) is 39.3 Å². The number of para-hydroxylation sites is 1. The van der Waals surface area contributed by atoms with Crippen molar-refractivity contribution >= 4 is 0 Å². The first kappa shape index (κ1) is 14.5. The molecule has 0 bridgehead atoms. The zero-order valence-corrected chi connectivity index (χ0v) is 12.3. The normalized spacial score (nSPS) is 12.6. The maximum absolute atomic E-state index is 5.81. The fraction of sp³-hybridized carbons (Fsp3) is 0.467. The lowest BCUT2D eigenvalue weighted by molar-refractivity contribution is 0.174. The van der Waals surface area contributed by atoms with Crippen LogP contribution in [0.25, 0.3) is 5.69 Å². The first-order valence-electron chi connectivity index (χ1n) is 7.06. The fourth-order valence-electron chi connectivity index (χ4n) is 1.79. The highest BCUT2D eigenvalue weighted by Crippen LogP contribution is 2.10. The maximum atomic E-state index is 5.81. The van der Waals surface area contributed by atoms with Gasteiger partial charge in [0.15, 0.2) is 0 Å². The van der Waals surface area contributed by atoms with Gasteiger partial charge in [0.1, 0.15) is 12.4 Å². The molecule has 1 atom stereocenters. The lowest BCUT2D eigenvalue weighted by Crippen LogP contribution is -2.35. The molecule has 0 amide bonds. The third-order valence-electron chi connectivity index (χ3n) is 2.97. The Kier molecular flexibility index (Phi) is 5.12. The second-order valence-electron chi connectivity index (χ2n) is 5.02. The Morgan fingerprint density at radius 1 is 1.25 bits per heavy atom. The zero-order valence-electron chi connectivity index (χ0n) is 12.3. The van der Waals surface area contributed by atoms with Crippen LogP contribution in [-0.4, -0.2) is 33.5 Å². The summed E-state index contributed by atoms with van der Waals surface area (Å²) in [6.07, 6.45) is 2.68. The predicted octanol–water partition coefficient (Wildman–Crippen LogP) is 2.42. The minimum absolute atomic E-state index is 0.0871. The molecule has 108 valence electrons. The first-order valence-corrected chi connectivity index (χ1v) is 7.06. The molecule has 1 N–H and O–H groups in total. The Morgan fingerprint density at radius 2 is 2.00 bits per heavy atom. The average molecular weight is 274 g/mol. The van der Waals surface area contributed by atoms with Crippen LogP contribution < -0.4 is 10.1 Å². The van der Waals surface area contributed by atoms with Crippen LogP contribution in [0.3, 0.4) is 0 Å². The van der Waals surface area contributed by atoms with Gasteiger partial charge in [0.05, 0.1) is 5.69 Å².